The zero-order chi connectivity index (χ0) is 22.2. The molecule has 0 saturated heterocycles. The van der Waals surface area contributed by atoms with Gasteiger partial charge >= 0.3 is 0 Å². The van der Waals surface area contributed by atoms with E-state index in [1.54, 1.807) is 0 Å². The molecular formula is C26H39N5. The first kappa shape index (κ1) is 22.0. The molecule has 4 rings (SSSR count). The summed E-state index contributed by atoms with van der Waals surface area (Å²) in [6.45, 7) is 12.1. The van der Waals surface area contributed by atoms with E-state index in [4.69, 9.17) is 15.0 Å². The quantitative estimate of drug-likeness (QED) is 0.528. The average molecular weight is 422 g/mol. The molecule has 0 amide bonds. The molecule has 2 aromatic heterocycles. The third kappa shape index (κ3) is 3.50. The summed E-state index contributed by atoms with van der Waals surface area (Å²) < 4.78 is 0. The summed E-state index contributed by atoms with van der Waals surface area (Å²) in [6.07, 6.45) is 9.84. The van der Waals surface area contributed by atoms with Gasteiger partial charge in [-0.25, -0.2) is 9.97 Å². The van der Waals surface area contributed by atoms with Crippen LogP contribution in [0.5, 0.6) is 0 Å². The zero-order valence-corrected chi connectivity index (χ0v) is 20.3. The maximum Gasteiger partial charge on any atom is 0.151 e. The summed E-state index contributed by atoms with van der Waals surface area (Å²) in [5, 5.41) is 3.36. The number of nitrogens with zero attached hydrogens (tertiary/aromatic N) is 4. The average Bonchev–Trinajstić information content (AvgIpc) is 3.46. The van der Waals surface area contributed by atoms with Gasteiger partial charge in [0.05, 0.1) is 17.1 Å². The first-order valence-electron chi connectivity index (χ1n) is 12.4. The second-order valence-corrected chi connectivity index (χ2v) is 9.33. The van der Waals surface area contributed by atoms with Crippen molar-refractivity contribution in [2.45, 2.75) is 91.0 Å². The molecule has 31 heavy (non-hydrogen) atoms. The Balaban J connectivity index is 1.85. The van der Waals surface area contributed by atoms with Crippen LogP contribution in [0.3, 0.4) is 0 Å². The molecule has 168 valence electrons. The molecule has 2 aromatic rings. The highest BCUT2D eigenvalue weighted by Crippen LogP contribution is 2.64. The molecule has 1 fully saturated rings. The van der Waals surface area contributed by atoms with Gasteiger partial charge in [-0.05, 0) is 43.7 Å². The van der Waals surface area contributed by atoms with E-state index in [0.717, 1.165) is 60.8 Å². The highest BCUT2D eigenvalue weighted by atomic mass is 15.3. The van der Waals surface area contributed by atoms with Gasteiger partial charge in [0.2, 0.25) is 0 Å². The monoisotopic (exact) mass is 421 g/mol. The van der Waals surface area contributed by atoms with E-state index in [-0.39, 0.29) is 5.41 Å². The minimum atomic E-state index is 0.223. The van der Waals surface area contributed by atoms with E-state index in [1.165, 1.54) is 30.5 Å². The van der Waals surface area contributed by atoms with Gasteiger partial charge in [0.1, 0.15) is 5.82 Å². The number of rotatable bonds is 10. The van der Waals surface area contributed by atoms with Crippen LogP contribution in [0, 0.1) is 5.92 Å². The Kier molecular flexibility index (Phi) is 6.23. The van der Waals surface area contributed by atoms with Crippen LogP contribution in [0.1, 0.15) is 83.7 Å². The van der Waals surface area contributed by atoms with Crippen molar-refractivity contribution in [2.24, 2.45) is 5.92 Å². The fourth-order valence-corrected chi connectivity index (χ4v) is 5.91. The van der Waals surface area contributed by atoms with E-state index in [2.05, 4.69) is 57.9 Å². The number of likely N-dealkylation sites (N-methyl/N-ethyl adjacent to an activating group) is 1. The second-order valence-electron chi connectivity index (χ2n) is 9.33. The van der Waals surface area contributed by atoms with E-state index in [0.29, 0.717) is 12.0 Å². The molecule has 2 aliphatic rings. The molecule has 1 saturated carbocycles. The lowest BCUT2D eigenvalue weighted by Gasteiger charge is -2.24. The van der Waals surface area contributed by atoms with Gasteiger partial charge in [-0.1, -0.05) is 53.4 Å². The van der Waals surface area contributed by atoms with Crippen molar-refractivity contribution in [3.8, 4) is 11.3 Å². The van der Waals surface area contributed by atoms with Gasteiger partial charge in [-0.2, -0.15) is 0 Å². The number of anilines is 2. The molecule has 5 nitrogen and oxygen atoms in total. The molecule has 0 aromatic carbocycles. The smallest absolute Gasteiger partial charge is 0.151 e. The topological polar surface area (TPSA) is 53.9 Å². The predicted molar refractivity (Wildman–Crippen MR) is 130 cm³/mol. The van der Waals surface area contributed by atoms with Crippen molar-refractivity contribution in [2.75, 3.05) is 23.8 Å². The van der Waals surface area contributed by atoms with Crippen molar-refractivity contribution in [1.82, 2.24) is 15.0 Å². The van der Waals surface area contributed by atoms with E-state index in [9.17, 15) is 0 Å². The van der Waals surface area contributed by atoms with Crippen LogP contribution >= 0.6 is 0 Å². The van der Waals surface area contributed by atoms with Crippen LogP contribution in [0.4, 0.5) is 11.6 Å². The SMILES string of the molecule is CCCc1cc(NCC)ncc1-c1nc2c(nc1CCC)C1(C(CC)CC)CC1N2C. The molecule has 0 bridgehead atoms. The van der Waals surface area contributed by atoms with Crippen LogP contribution in [-0.4, -0.2) is 34.6 Å². The fraction of sp³-hybridized carbons (Fsp3) is 0.654. The van der Waals surface area contributed by atoms with Crippen molar-refractivity contribution >= 4 is 11.6 Å². The number of aromatic nitrogens is 3. The summed E-state index contributed by atoms with van der Waals surface area (Å²) in [5.41, 5.74) is 6.18. The van der Waals surface area contributed by atoms with E-state index < -0.39 is 0 Å². The Morgan fingerprint density at radius 3 is 2.48 bits per heavy atom. The van der Waals surface area contributed by atoms with Gasteiger partial charge < -0.3 is 10.2 Å². The van der Waals surface area contributed by atoms with Crippen molar-refractivity contribution in [1.29, 1.82) is 0 Å². The highest BCUT2D eigenvalue weighted by molar-refractivity contribution is 5.72. The van der Waals surface area contributed by atoms with Crippen LogP contribution in [0.2, 0.25) is 0 Å². The first-order valence-corrected chi connectivity index (χ1v) is 12.4. The Morgan fingerprint density at radius 1 is 1.10 bits per heavy atom. The van der Waals surface area contributed by atoms with Gasteiger partial charge in [0.15, 0.2) is 5.82 Å². The van der Waals surface area contributed by atoms with E-state index >= 15 is 0 Å². The maximum atomic E-state index is 5.39. The van der Waals surface area contributed by atoms with Gasteiger partial charge in [-0.15, -0.1) is 0 Å². The maximum absolute atomic E-state index is 5.39. The third-order valence-corrected chi connectivity index (χ3v) is 7.48. The molecule has 0 radical (unpaired) electrons. The summed E-state index contributed by atoms with van der Waals surface area (Å²) in [5.74, 6) is 2.75. The second kappa shape index (κ2) is 8.76. The normalized spacial score (nSPS) is 21.4. The lowest BCUT2D eigenvalue weighted by Crippen LogP contribution is -2.25. The van der Waals surface area contributed by atoms with Gasteiger partial charge in [-0.3, -0.25) is 4.98 Å². The lowest BCUT2D eigenvalue weighted by atomic mass is 9.82. The van der Waals surface area contributed by atoms with Crippen molar-refractivity contribution in [3.63, 3.8) is 0 Å². The van der Waals surface area contributed by atoms with Gasteiger partial charge in [0, 0.05) is 36.8 Å². The molecule has 1 N–H and O–H groups in total. The Labute approximate surface area is 188 Å². The Bertz CT molecular complexity index is 936. The number of nitrogens with one attached hydrogen (secondary N) is 1. The number of fused-ring (bicyclic) bond motifs is 3. The third-order valence-electron chi connectivity index (χ3n) is 7.48. The Morgan fingerprint density at radius 2 is 1.84 bits per heavy atom. The van der Waals surface area contributed by atoms with Crippen LogP contribution in [0.25, 0.3) is 11.3 Å². The number of hydrogen-bond acceptors (Lipinski definition) is 5. The summed E-state index contributed by atoms with van der Waals surface area (Å²) >= 11 is 0. The molecule has 3 heterocycles. The molecular weight excluding hydrogens is 382 g/mol. The molecule has 1 aliphatic heterocycles. The predicted octanol–water partition coefficient (Wildman–Crippen LogP) is 5.77. The molecule has 1 aliphatic carbocycles. The fourth-order valence-electron chi connectivity index (χ4n) is 5.91. The van der Waals surface area contributed by atoms with Gasteiger partial charge in [0.25, 0.3) is 0 Å². The Hall–Kier alpha value is -2.17. The molecule has 0 spiro atoms. The standard InChI is InChI=1S/C26H39N5/c1-7-12-17-14-22(27-11-5)28-16-19(17)23-20(13-8-2)29-24-25(30-23)31(6)21-15-26(21,24)18(9-3)10-4/h14,16,18,21H,7-13,15H2,1-6H3,(H,27,28). The minimum Gasteiger partial charge on any atom is -0.370 e. The summed E-state index contributed by atoms with van der Waals surface area (Å²) in [7, 11) is 2.22. The van der Waals surface area contributed by atoms with E-state index in [1.807, 2.05) is 6.20 Å². The van der Waals surface area contributed by atoms with Crippen molar-refractivity contribution in [3.05, 3.63) is 29.2 Å². The van der Waals surface area contributed by atoms with Crippen molar-refractivity contribution < 1.29 is 0 Å². The molecule has 5 heteroatoms. The van der Waals surface area contributed by atoms with Crippen LogP contribution < -0.4 is 10.2 Å². The number of hydrogen-bond donors (Lipinski definition) is 1. The summed E-state index contributed by atoms with van der Waals surface area (Å²) in [4.78, 5) is 17.8. The number of pyridine rings is 1. The largest absolute Gasteiger partial charge is 0.370 e. The minimum absolute atomic E-state index is 0.223. The molecule has 2 atom stereocenters. The lowest BCUT2D eigenvalue weighted by molar-refractivity contribution is 0.371. The zero-order valence-electron chi connectivity index (χ0n) is 20.3. The van der Waals surface area contributed by atoms with Crippen LogP contribution in [0.15, 0.2) is 12.3 Å². The molecule has 2 unspecified atom stereocenters. The van der Waals surface area contributed by atoms with Crippen LogP contribution in [-0.2, 0) is 18.3 Å². The number of aryl methyl sites for hydroxylation is 2. The highest BCUT2D eigenvalue weighted by Gasteiger charge is 2.67. The summed E-state index contributed by atoms with van der Waals surface area (Å²) in [6, 6.07) is 2.78. The first-order chi connectivity index (χ1) is 15.0.